The van der Waals surface area contributed by atoms with Crippen molar-refractivity contribution >= 4 is 34.0 Å². The molecule has 6 rings (SSSR count). The van der Waals surface area contributed by atoms with Crippen molar-refractivity contribution in [1.82, 2.24) is 20.6 Å². The second-order valence-electron chi connectivity index (χ2n) is 8.48. The standard InChI is InChI=1S/C27H25N5O2/c33-27-30-24(18-6-2-1-3-7-18)23(26-28-21-8-4-5-9-22(21)29-26)25(31-27)19-10-12-20(13-11-19)32-14-16-34-17-15-32/h1-13,25H,14-17H2,(H,28,29)(H2,30,31,33). The summed E-state index contributed by atoms with van der Waals surface area (Å²) in [6.07, 6.45) is 0. The number of aromatic nitrogens is 2. The molecule has 1 atom stereocenters. The number of amides is 2. The molecular weight excluding hydrogens is 426 g/mol. The molecule has 0 radical (unpaired) electrons. The maximum absolute atomic E-state index is 12.8. The Labute approximate surface area is 197 Å². The molecule has 2 amide bonds. The molecule has 1 saturated heterocycles. The summed E-state index contributed by atoms with van der Waals surface area (Å²) in [6, 6.07) is 25.7. The molecule has 1 aromatic heterocycles. The normalized spacial score (nSPS) is 18.6. The first-order chi connectivity index (χ1) is 16.8. The number of imidazole rings is 1. The van der Waals surface area contributed by atoms with Gasteiger partial charge in [-0.2, -0.15) is 0 Å². The number of urea groups is 1. The Bertz CT molecular complexity index is 1320. The number of para-hydroxylation sites is 2. The van der Waals surface area contributed by atoms with Crippen molar-refractivity contribution in [3.63, 3.8) is 0 Å². The van der Waals surface area contributed by atoms with E-state index in [-0.39, 0.29) is 12.1 Å². The molecule has 3 N–H and O–H groups in total. The van der Waals surface area contributed by atoms with Gasteiger partial charge < -0.3 is 25.3 Å². The van der Waals surface area contributed by atoms with Crippen LogP contribution in [0.5, 0.6) is 0 Å². The third-order valence-electron chi connectivity index (χ3n) is 6.38. The number of aromatic amines is 1. The summed E-state index contributed by atoms with van der Waals surface area (Å²) >= 11 is 0. The third-order valence-corrected chi connectivity index (χ3v) is 6.38. The molecule has 4 aromatic rings. The predicted octanol–water partition coefficient (Wildman–Crippen LogP) is 4.32. The van der Waals surface area contributed by atoms with E-state index in [0.717, 1.165) is 71.2 Å². The van der Waals surface area contributed by atoms with Crippen molar-refractivity contribution in [1.29, 1.82) is 0 Å². The van der Waals surface area contributed by atoms with Gasteiger partial charge in [0.15, 0.2) is 0 Å². The first-order valence-electron chi connectivity index (χ1n) is 11.5. The van der Waals surface area contributed by atoms with Crippen LogP contribution in [-0.2, 0) is 4.74 Å². The van der Waals surface area contributed by atoms with Crippen LogP contribution in [0, 0.1) is 0 Å². The first-order valence-corrected chi connectivity index (χ1v) is 11.5. The Morgan fingerprint density at radius 1 is 0.882 bits per heavy atom. The zero-order valence-electron chi connectivity index (χ0n) is 18.6. The number of nitrogens with one attached hydrogen (secondary N) is 3. The van der Waals surface area contributed by atoms with E-state index in [0.29, 0.717) is 0 Å². The van der Waals surface area contributed by atoms with Crippen LogP contribution in [-0.4, -0.2) is 42.3 Å². The lowest BCUT2D eigenvalue weighted by molar-refractivity contribution is 0.122. The van der Waals surface area contributed by atoms with Crippen LogP contribution >= 0.6 is 0 Å². The van der Waals surface area contributed by atoms with E-state index >= 15 is 0 Å². The van der Waals surface area contributed by atoms with Gasteiger partial charge in [-0.1, -0.05) is 54.6 Å². The number of carbonyl (C=O) groups is 1. The van der Waals surface area contributed by atoms with E-state index < -0.39 is 0 Å². The van der Waals surface area contributed by atoms with E-state index in [1.165, 1.54) is 0 Å². The highest BCUT2D eigenvalue weighted by Crippen LogP contribution is 2.38. The first kappa shape index (κ1) is 20.5. The van der Waals surface area contributed by atoms with Crippen LogP contribution in [0.3, 0.4) is 0 Å². The molecule has 0 bridgehead atoms. The van der Waals surface area contributed by atoms with Gasteiger partial charge >= 0.3 is 6.03 Å². The summed E-state index contributed by atoms with van der Waals surface area (Å²) in [4.78, 5) is 23.4. The lowest BCUT2D eigenvalue weighted by Crippen LogP contribution is -2.43. The number of hydrogen-bond donors (Lipinski definition) is 3. The molecule has 7 nitrogen and oxygen atoms in total. The molecule has 1 fully saturated rings. The minimum atomic E-state index is -0.358. The van der Waals surface area contributed by atoms with Gasteiger partial charge in [0.05, 0.1) is 36.0 Å². The van der Waals surface area contributed by atoms with E-state index in [9.17, 15) is 4.79 Å². The molecule has 3 aromatic carbocycles. The van der Waals surface area contributed by atoms with Gasteiger partial charge in [-0.05, 0) is 35.4 Å². The Balaban J connectivity index is 1.47. The number of hydrogen-bond acceptors (Lipinski definition) is 4. The monoisotopic (exact) mass is 451 g/mol. The summed E-state index contributed by atoms with van der Waals surface area (Å²) in [5.74, 6) is 0.731. The molecule has 34 heavy (non-hydrogen) atoms. The smallest absolute Gasteiger partial charge is 0.320 e. The zero-order chi connectivity index (χ0) is 22.9. The number of anilines is 1. The van der Waals surface area contributed by atoms with Crippen LogP contribution in [0.15, 0.2) is 78.9 Å². The molecule has 0 saturated carbocycles. The topological polar surface area (TPSA) is 82.3 Å². The number of benzene rings is 3. The van der Waals surface area contributed by atoms with Gasteiger partial charge in [-0.25, -0.2) is 9.78 Å². The van der Waals surface area contributed by atoms with Crippen molar-refractivity contribution < 1.29 is 9.53 Å². The third kappa shape index (κ3) is 3.80. The minimum absolute atomic E-state index is 0.235. The number of ether oxygens (including phenoxy) is 1. The fourth-order valence-corrected chi connectivity index (χ4v) is 4.68. The lowest BCUT2D eigenvalue weighted by atomic mass is 9.92. The molecule has 170 valence electrons. The largest absolute Gasteiger partial charge is 0.378 e. The van der Waals surface area contributed by atoms with Crippen LogP contribution in [0.25, 0.3) is 22.3 Å². The van der Waals surface area contributed by atoms with Gasteiger partial charge in [-0.3, -0.25) is 0 Å². The van der Waals surface area contributed by atoms with Crippen molar-refractivity contribution in [3.8, 4) is 0 Å². The van der Waals surface area contributed by atoms with E-state index in [4.69, 9.17) is 9.72 Å². The SMILES string of the molecule is O=C1NC(c2ccccc2)=C(c2nc3ccccc3[nH]2)C(c2ccc(N3CCOCC3)cc2)N1. The van der Waals surface area contributed by atoms with Gasteiger partial charge in [-0.15, -0.1) is 0 Å². The fourth-order valence-electron chi connectivity index (χ4n) is 4.68. The van der Waals surface area contributed by atoms with Crippen LogP contribution in [0.4, 0.5) is 10.5 Å². The van der Waals surface area contributed by atoms with Crippen molar-refractivity contribution in [2.45, 2.75) is 6.04 Å². The Hall–Kier alpha value is -4.10. The molecule has 2 aliphatic heterocycles. The second kappa shape index (κ2) is 8.68. The zero-order valence-corrected chi connectivity index (χ0v) is 18.6. The van der Waals surface area contributed by atoms with Crippen LogP contribution < -0.4 is 15.5 Å². The van der Waals surface area contributed by atoms with Crippen molar-refractivity contribution in [3.05, 3.63) is 95.8 Å². The molecule has 2 aliphatic rings. The predicted molar refractivity (Wildman–Crippen MR) is 133 cm³/mol. The maximum Gasteiger partial charge on any atom is 0.320 e. The Morgan fingerprint density at radius 3 is 2.38 bits per heavy atom. The van der Waals surface area contributed by atoms with E-state index in [1.54, 1.807) is 0 Å². The van der Waals surface area contributed by atoms with Gasteiger partial charge in [0.2, 0.25) is 0 Å². The van der Waals surface area contributed by atoms with E-state index in [1.807, 2.05) is 54.6 Å². The molecule has 7 heteroatoms. The number of H-pyrrole nitrogens is 1. The highest BCUT2D eigenvalue weighted by molar-refractivity contribution is 6.02. The Morgan fingerprint density at radius 2 is 1.62 bits per heavy atom. The fraction of sp³-hybridized carbons (Fsp3) is 0.185. The van der Waals surface area contributed by atoms with Gasteiger partial charge in [0, 0.05) is 24.4 Å². The summed E-state index contributed by atoms with van der Waals surface area (Å²) < 4.78 is 5.48. The molecule has 1 unspecified atom stereocenters. The van der Waals surface area contributed by atoms with Crippen molar-refractivity contribution in [2.24, 2.45) is 0 Å². The van der Waals surface area contributed by atoms with Crippen LogP contribution in [0.1, 0.15) is 23.0 Å². The second-order valence-corrected chi connectivity index (χ2v) is 8.48. The van der Waals surface area contributed by atoms with Gasteiger partial charge in [0.1, 0.15) is 5.82 Å². The molecule has 0 aliphatic carbocycles. The highest BCUT2D eigenvalue weighted by atomic mass is 16.5. The molecule has 3 heterocycles. The number of morpholine rings is 1. The summed E-state index contributed by atoms with van der Waals surface area (Å²) in [6.45, 7) is 3.24. The number of fused-ring (bicyclic) bond motifs is 1. The average Bonchev–Trinajstić information content (AvgIpc) is 3.33. The van der Waals surface area contributed by atoms with E-state index in [2.05, 4.69) is 44.8 Å². The quantitative estimate of drug-likeness (QED) is 0.432. The maximum atomic E-state index is 12.8. The lowest BCUT2D eigenvalue weighted by Gasteiger charge is -2.31. The summed E-state index contributed by atoms with van der Waals surface area (Å²) in [5.41, 5.74) is 6.58. The molecular formula is C27H25N5O2. The van der Waals surface area contributed by atoms with Gasteiger partial charge in [0.25, 0.3) is 0 Å². The number of nitrogens with zero attached hydrogens (tertiary/aromatic N) is 2. The number of carbonyl (C=O) groups excluding carboxylic acids is 1. The average molecular weight is 452 g/mol. The summed E-state index contributed by atoms with van der Waals surface area (Å²) in [5, 5.41) is 6.16. The highest BCUT2D eigenvalue weighted by Gasteiger charge is 2.32. The van der Waals surface area contributed by atoms with Crippen LogP contribution in [0.2, 0.25) is 0 Å². The summed E-state index contributed by atoms with van der Waals surface area (Å²) in [7, 11) is 0. The van der Waals surface area contributed by atoms with Crippen molar-refractivity contribution in [2.75, 3.05) is 31.2 Å². The minimum Gasteiger partial charge on any atom is -0.378 e. The molecule has 0 spiro atoms. The Kier molecular flexibility index (Phi) is 5.24. The number of rotatable bonds is 4.